The quantitative estimate of drug-likeness (QED) is 0.787. The second kappa shape index (κ2) is 6.01. The molecule has 0 saturated carbocycles. The van der Waals surface area contributed by atoms with Crippen LogP contribution in [0.5, 0.6) is 0 Å². The van der Waals surface area contributed by atoms with Crippen molar-refractivity contribution in [1.29, 1.82) is 0 Å². The first kappa shape index (κ1) is 15.8. The summed E-state index contributed by atoms with van der Waals surface area (Å²) in [6.07, 6.45) is 0. The largest absolute Gasteiger partial charge is 0.340 e. The molecule has 1 amide bonds. The number of sulfonamides is 1. The lowest BCUT2D eigenvalue weighted by Gasteiger charge is -2.33. The minimum absolute atomic E-state index is 0.0382. The van der Waals surface area contributed by atoms with Crippen LogP contribution < -0.4 is 0 Å². The molecule has 0 N–H and O–H groups in total. The van der Waals surface area contributed by atoms with Gasteiger partial charge in [-0.3, -0.25) is 4.79 Å². The van der Waals surface area contributed by atoms with Gasteiger partial charge in [0.25, 0.3) is 0 Å². The number of hydrogen-bond donors (Lipinski definition) is 0. The highest BCUT2D eigenvalue weighted by atomic mass is 79.9. The van der Waals surface area contributed by atoms with Gasteiger partial charge in [-0.15, -0.1) is 0 Å². The predicted molar refractivity (Wildman–Crippen MR) is 80.2 cm³/mol. The van der Waals surface area contributed by atoms with Crippen LogP contribution in [0.2, 0.25) is 5.02 Å². The van der Waals surface area contributed by atoms with E-state index in [1.54, 1.807) is 17.0 Å². The van der Waals surface area contributed by atoms with E-state index in [0.29, 0.717) is 13.1 Å². The Bertz CT molecular complexity index is 628. The summed E-state index contributed by atoms with van der Waals surface area (Å²) < 4.78 is 27.1. The molecule has 20 heavy (non-hydrogen) atoms. The average Bonchev–Trinajstić information content (AvgIpc) is 2.38. The van der Waals surface area contributed by atoms with Crippen molar-refractivity contribution < 1.29 is 13.2 Å². The van der Waals surface area contributed by atoms with Crippen LogP contribution in [-0.4, -0.2) is 49.7 Å². The Kier molecular flexibility index (Phi) is 4.73. The van der Waals surface area contributed by atoms with Crippen molar-refractivity contribution in [2.75, 3.05) is 26.2 Å². The van der Waals surface area contributed by atoms with Gasteiger partial charge in [0.2, 0.25) is 15.9 Å². The lowest BCUT2D eigenvalue weighted by atomic mass is 10.3. The van der Waals surface area contributed by atoms with Crippen molar-refractivity contribution in [3.05, 3.63) is 27.7 Å². The van der Waals surface area contributed by atoms with Crippen molar-refractivity contribution in [3.63, 3.8) is 0 Å². The number of benzene rings is 1. The molecule has 0 aliphatic carbocycles. The highest BCUT2D eigenvalue weighted by Crippen LogP contribution is 2.28. The number of hydrogen-bond acceptors (Lipinski definition) is 3. The number of nitrogens with zero attached hydrogens (tertiary/aromatic N) is 2. The highest BCUT2D eigenvalue weighted by molar-refractivity contribution is 9.10. The molecule has 1 saturated heterocycles. The van der Waals surface area contributed by atoms with Gasteiger partial charge >= 0.3 is 0 Å². The van der Waals surface area contributed by atoms with Crippen LogP contribution in [0.4, 0.5) is 0 Å². The summed E-state index contributed by atoms with van der Waals surface area (Å²) >= 11 is 9.26. The lowest BCUT2D eigenvalue weighted by molar-refractivity contribution is -0.129. The van der Waals surface area contributed by atoms with Crippen LogP contribution in [0.3, 0.4) is 0 Å². The molecular formula is C12H14BrClN2O3S. The van der Waals surface area contributed by atoms with Gasteiger partial charge in [0.1, 0.15) is 4.90 Å². The van der Waals surface area contributed by atoms with Crippen molar-refractivity contribution in [2.45, 2.75) is 11.8 Å². The number of rotatable bonds is 2. The molecule has 1 fully saturated rings. The van der Waals surface area contributed by atoms with Crippen molar-refractivity contribution in [2.24, 2.45) is 0 Å². The van der Waals surface area contributed by atoms with Gasteiger partial charge in [-0.2, -0.15) is 4.31 Å². The van der Waals surface area contributed by atoms with E-state index >= 15 is 0 Å². The van der Waals surface area contributed by atoms with E-state index < -0.39 is 10.0 Å². The summed E-state index contributed by atoms with van der Waals surface area (Å²) in [6.45, 7) is 2.86. The summed E-state index contributed by atoms with van der Waals surface area (Å²) in [5.74, 6) is -0.0382. The third-order valence-corrected chi connectivity index (χ3v) is 6.07. The zero-order valence-electron chi connectivity index (χ0n) is 10.8. The van der Waals surface area contributed by atoms with Crippen LogP contribution in [0.15, 0.2) is 27.6 Å². The summed E-state index contributed by atoms with van der Waals surface area (Å²) in [5, 5.41) is 0.188. The molecule has 1 aliphatic heterocycles. The van der Waals surface area contributed by atoms with Gasteiger partial charge in [-0.1, -0.05) is 27.5 Å². The second-order valence-electron chi connectivity index (χ2n) is 4.48. The fourth-order valence-electron chi connectivity index (χ4n) is 2.07. The molecule has 1 aliphatic rings. The Labute approximate surface area is 131 Å². The Morgan fingerprint density at radius 1 is 1.25 bits per heavy atom. The zero-order chi connectivity index (χ0) is 14.9. The zero-order valence-corrected chi connectivity index (χ0v) is 14.0. The van der Waals surface area contributed by atoms with E-state index in [0.717, 1.165) is 4.47 Å². The Hall–Kier alpha value is -0.630. The van der Waals surface area contributed by atoms with E-state index in [2.05, 4.69) is 15.9 Å². The number of carbonyl (C=O) groups excluding carboxylic acids is 1. The first-order chi connectivity index (χ1) is 9.32. The molecule has 1 heterocycles. The molecule has 0 bridgehead atoms. The molecule has 0 spiro atoms. The molecule has 0 aromatic heterocycles. The third kappa shape index (κ3) is 3.16. The van der Waals surface area contributed by atoms with Gasteiger partial charge in [-0.05, 0) is 18.2 Å². The van der Waals surface area contributed by atoms with Gasteiger partial charge in [0, 0.05) is 37.6 Å². The number of carbonyl (C=O) groups is 1. The van der Waals surface area contributed by atoms with Crippen molar-refractivity contribution in [3.8, 4) is 0 Å². The van der Waals surface area contributed by atoms with E-state index in [-0.39, 0.29) is 28.9 Å². The monoisotopic (exact) mass is 380 g/mol. The Balaban J connectivity index is 2.22. The third-order valence-electron chi connectivity index (χ3n) is 3.20. The SMILES string of the molecule is CC(=O)N1CCN(S(=O)(=O)c2ccc(Br)cc2Cl)CC1. The molecule has 1 aromatic carbocycles. The maximum absolute atomic E-state index is 12.5. The lowest BCUT2D eigenvalue weighted by Crippen LogP contribution is -2.49. The fourth-order valence-corrected chi connectivity index (χ4v) is 4.50. The molecule has 8 heteroatoms. The minimum atomic E-state index is -3.62. The minimum Gasteiger partial charge on any atom is -0.340 e. The molecule has 5 nitrogen and oxygen atoms in total. The summed E-state index contributed by atoms with van der Waals surface area (Å²) in [7, 11) is -3.62. The van der Waals surface area contributed by atoms with Crippen molar-refractivity contribution >= 4 is 43.5 Å². The molecule has 0 atom stereocenters. The second-order valence-corrected chi connectivity index (χ2v) is 7.71. The predicted octanol–water partition coefficient (Wildman–Crippen LogP) is 1.96. The summed E-state index contributed by atoms with van der Waals surface area (Å²) in [6, 6.07) is 4.68. The van der Waals surface area contributed by atoms with Crippen LogP contribution >= 0.6 is 27.5 Å². The Morgan fingerprint density at radius 3 is 2.35 bits per heavy atom. The fraction of sp³-hybridized carbons (Fsp3) is 0.417. The van der Waals surface area contributed by atoms with Crippen molar-refractivity contribution in [1.82, 2.24) is 9.21 Å². The number of halogens is 2. The first-order valence-electron chi connectivity index (χ1n) is 6.03. The molecule has 110 valence electrons. The van der Waals surface area contributed by atoms with Crippen LogP contribution in [0, 0.1) is 0 Å². The molecule has 2 rings (SSSR count). The van der Waals surface area contributed by atoms with Gasteiger partial charge in [0.05, 0.1) is 5.02 Å². The van der Waals surface area contributed by atoms with Crippen LogP contribution in [0.25, 0.3) is 0 Å². The first-order valence-corrected chi connectivity index (χ1v) is 8.64. The van der Waals surface area contributed by atoms with Gasteiger partial charge in [-0.25, -0.2) is 8.42 Å². The van der Waals surface area contributed by atoms with Gasteiger partial charge in [0.15, 0.2) is 0 Å². The highest BCUT2D eigenvalue weighted by Gasteiger charge is 2.30. The van der Waals surface area contributed by atoms with E-state index in [4.69, 9.17) is 11.6 Å². The summed E-state index contributed by atoms with van der Waals surface area (Å²) in [5.41, 5.74) is 0. The van der Waals surface area contributed by atoms with E-state index in [1.807, 2.05) is 0 Å². The van der Waals surface area contributed by atoms with E-state index in [9.17, 15) is 13.2 Å². The van der Waals surface area contributed by atoms with Crippen LogP contribution in [0.1, 0.15) is 6.92 Å². The Morgan fingerprint density at radius 2 is 1.85 bits per heavy atom. The van der Waals surface area contributed by atoms with E-state index in [1.165, 1.54) is 17.3 Å². The molecular weight excluding hydrogens is 368 g/mol. The summed E-state index contributed by atoms with van der Waals surface area (Å²) in [4.78, 5) is 13.0. The smallest absolute Gasteiger partial charge is 0.244 e. The maximum Gasteiger partial charge on any atom is 0.244 e. The molecule has 0 unspecified atom stereocenters. The standard InChI is InChI=1S/C12H14BrClN2O3S/c1-9(17)15-4-6-16(7-5-15)20(18,19)12-3-2-10(13)8-11(12)14/h2-3,8H,4-7H2,1H3. The number of amides is 1. The number of piperazine rings is 1. The maximum atomic E-state index is 12.5. The van der Waals surface area contributed by atoms with Crippen LogP contribution in [-0.2, 0) is 14.8 Å². The average molecular weight is 382 g/mol. The molecule has 1 aromatic rings. The normalized spacial score (nSPS) is 17.2. The topological polar surface area (TPSA) is 57.7 Å². The molecule has 0 radical (unpaired) electrons. The van der Waals surface area contributed by atoms with Gasteiger partial charge < -0.3 is 4.90 Å².